The number of benzene rings is 2. The van der Waals surface area contributed by atoms with E-state index in [0.717, 1.165) is 17.4 Å². The smallest absolute Gasteiger partial charge is 0.162 e. The highest BCUT2D eigenvalue weighted by molar-refractivity contribution is 5.37. The molecule has 2 unspecified atom stereocenters. The van der Waals surface area contributed by atoms with Crippen LogP contribution in [0.15, 0.2) is 42.5 Å². The molecule has 0 saturated heterocycles. The molecular formula is C16H14F2O2. The van der Waals surface area contributed by atoms with Crippen LogP contribution in [-0.2, 0) is 12.8 Å². The zero-order valence-electron chi connectivity index (χ0n) is 10.7. The predicted octanol–water partition coefficient (Wildman–Crippen LogP) is 2.87. The summed E-state index contributed by atoms with van der Waals surface area (Å²) in [5.74, 6) is -1.05. The minimum Gasteiger partial charge on any atom is -0.487 e. The van der Waals surface area contributed by atoms with Gasteiger partial charge in [-0.05, 0) is 23.3 Å². The molecule has 0 radical (unpaired) electrons. The molecule has 1 aliphatic heterocycles. The lowest BCUT2D eigenvalue weighted by Crippen LogP contribution is -2.32. The quantitative estimate of drug-likeness (QED) is 0.934. The summed E-state index contributed by atoms with van der Waals surface area (Å²) in [4.78, 5) is 0. The van der Waals surface area contributed by atoms with Crippen molar-refractivity contribution >= 4 is 0 Å². The van der Waals surface area contributed by atoms with Crippen LogP contribution < -0.4 is 4.74 Å². The van der Waals surface area contributed by atoms with Crippen molar-refractivity contribution in [3.8, 4) is 5.75 Å². The Morgan fingerprint density at radius 2 is 1.95 bits per heavy atom. The van der Waals surface area contributed by atoms with Crippen LogP contribution in [0.3, 0.4) is 0 Å². The molecule has 4 heteroatoms. The van der Waals surface area contributed by atoms with Gasteiger partial charge in [0.25, 0.3) is 0 Å². The molecule has 2 nitrogen and oxygen atoms in total. The minimum absolute atomic E-state index is 0.0300. The first-order valence-electron chi connectivity index (χ1n) is 6.50. The van der Waals surface area contributed by atoms with Gasteiger partial charge in [-0.1, -0.05) is 30.3 Å². The van der Waals surface area contributed by atoms with Gasteiger partial charge in [0.15, 0.2) is 11.6 Å². The lowest BCUT2D eigenvalue weighted by atomic mass is 10.00. The molecule has 0 fully saturated rings. The lowest BCUT2D eigenvalue weighted by Gasteiger charge is -2.18. The van der Waals surface area contributed by atoms with Crippen LogP contribution in [0.4, 0.5) is 8.78 Å². The van der Waals surface area contributed by atoms with Crippen molar-refractivity contribution in [1.82, 2.24) is 0 Å². The molecule has 0 bridgehead atoms. The first-order valence-corrected chi connectivity index (χ1v) is 6.50. The molecule has 2 atom stereocenters. The van der Waals surface area contributed by atoms with Crippen LogP contribution in [0.1, 0.15) is 11.1 Å². The summed E-state index contributed by atoms with van der Waals surface area (Å²) in [5, 5.41) is 10.2. The first kappa shape index (κ1) is 13.1. The lowest BCUT2D eigenvalue weighted by molar-refractivity contribution is 0.0496. The Morgan fingerprint density at radius 3 is 2.75 bits per heavy atom. The maximum Gasteiger partial charge on any atom is 0.162 e. The summed E-state index contributed by atoms with van der Waals surface area (Å²) in [7, 11) is 0. The average Bonchev–Trinajstić information content (AvgIpc) is 2.88. The summed E-state index contributed by atoms with van der Waals surface area (Å²) < 4.78 is 32.4. The maximum absolute atomic E-state index is 13.6. The zero-order chi connectivity index (χ0) is 14.1. The van der Waals surface area contributed by atoms with Crippen LogP contribution in [0.2, 0.25) is 0 Å². The van der Waals surface area contributed by atoms with E-state index in [1.165, 1.54) is 12.1 Å². The van der Waals surface area contributed by atoms with Crippen LogP contribution in [0.5, 0.6) is 5.75 Å². The Labute approximate surface area is 115 Å². The molecule has 1 heterocycles. The van der Waals surface area contributed by atoms with Crippen molar-refractivity contribution in [2.24, 2.45) is 0 Å². The Balaban J connectivity index is 1.72. The Hall–Kier alpha value is -1.94. The van der Waals surface area contributed by atoms with E-state index < -0.39 is 23.8 Å². The third kappa shape index (κ3) is 2.39. The van der Waals surface area contributed by atoms with Gasteiger partial charge < -0.3 is 9.84 Å². The summed E-state index contributed by atoms with van der Waals surface area (Å²) in [5.41, 5.74) is 1.19. The van der Waals surface area contributed by atoms with Crippen LogP contribution in [-0.4, -0.2) is 17.3 Å². The molecule has 2 aromatic carbocycles. The zero-order valence-corrected chi connectivity index (χ0v) is 10.7. The molecule has 104 valence electrons. The number of halogens is 2. The van der Waals surface area contributed by atoms with Gasteiger partial charge in [-0.2, -0.15) is 0 Å². The number of fused-ring (bicyclic) bond motifs is 1. The Bertz CT molecular complexity index is 603. The second-order valence-electron chi connectivity index (χ2n) is 4.95. The number of rotatable bonds is 3. The van der Waals surface area contributed by atoms with Gasteiger partial charge in [0.05, 0.1) is 6.10 Å². The summed E-state index contributed by atoms with van der Waals surface area (Å²) in [6.45, 7) is 0. The number of para-hydroxylation sites is 1. The monoisotopic (exact) mass is 276 g/mol. The van der Waals surface area contributed by atoms with Gasteiger partial charge in [-0.25, -0.2) is 8.78 Å². The molecule has 0 spiro atoms. The van der Waals surface area contributed by atoms with Gasteiger partial charge in [-0.15, -0.1) is 0 Å². The number of hydrogen-bond acceptors (Lipinski definition) is 2. The molecule has 0 aromatic heterocycles. The predicted molar refractivity (Wildman–Crippen MR) is 70.6 cm³/mol. The van der Waals surface area contributed by atoms with Crippen molar-refractivity contribution in [3.63, 3.8) is 0 Å². The second-order valence-corrected chi connectivity index (χ2v) is 4.95. The third-order valence-corrected chi connectivity index (χ3v) is 3.56. The Morgan fingerprint density at radius 1 is 1.15 bits per heavy atom. The topological polar surface area (TPSA) is 29.5 Å². The van der Waals surface area contributed by atoms with Gasteiger partial charge in [-0.3, -0.25) is 0 Å². The average molecular weight is 276 g/mol. The van der Waals surface area contributed by atoms with Gasteiger partial charge in [0, 0.05) is 12.8 Å². The summed E-state index contributed by atoms with van der Waals surface area (Å²) in [6.07, 6.45) is -0.690. The minimum atomic E-state index is -0.901. The SMILES string of the molecule is OC(Cc1cccc(F)c1F)C1Cc2ccccc2O1. The van der Waals surface area contributed by atoms with Gasteiger partial charge in [0.1, 0.15) is 11.9 Å². The fourth-order valence-corrected chi connectivity index (χ4v) is 2.49. The number of hydrogen-bond donors (Lipinski definition) is 1. The highest BCUT2D eigenvalue weighted by Gasteiger charge is 2.29. The summed E-state index contributed by atoms with van der Waals surface area (Å²) in [6, 6.07) is 11.5. The molecular weight excluding hydrogens is 262 g/mol. The Kier molecular flexibility index (Phi) is 3.40. The maximum atomic E-state index is 13.6. The summed E-state index contributed by atoms with van der Waals surface area (Å²) >= 11 is 0. The van der Waals surface area contributed by atoms with E-state index in [2.05, 4.69) is 0 Å². The third-order valence-electron chi connectivity index (χ3n) is 3.56. The van der Waals surface area contributed by atoms with Crippen LogP contribution in [0.25, 0.3) is 0 Å². The van der Waals surface area contributed by atoms with Crippen molar-refractivity contribution in [1.29, 1.82) is 0 Å². The largest absolute Gasteiger partial charge is 0.487 e. The van der Waals surface area contributed by atoms with Crippen molar-refractivity contribution in [2.45, 2.75) is 25.0 Å². The van der Waals surface area contributed by atoms with E-state index >= 15 is 0 Å². The molecule has 3 rings (SSSR count). The van der Waals surface area contributed by atoms with E-state index in [0.29, 0.717) is 6.42 Å². The fourth-order valence-electron chi connectivity index (χ4n) is 2.49. The second kappa shape index (κ2) is 5.21. The normalized spacial score (nSPS) is 18.4. The molecule has 1 aliphatic rings. The van der Waals surface area contributed by atoms with E-state index in [-0.39, 0.29) is 12.0 Å². The number of aliphatic hydroxyl groups is 1. The molecule has 2 aromatic rings. The van der Waals surface area contributed by atoms with Crippen LogP contribution in [0, 0.1) is 11.6 Å². The van der Waals surface area contributed by atoms with Gasteiger partial charge >= 0.3 is 0 Å². The molecule has 20 heavy (non-hydrogen) atoms. The van der Waals surface area contributed by atoms with Crippen molar-refractivity contribution in [2.75, 3.05) is 0 Å². The van der Waals surface area contributed by atoms with E-state index in [4.69, 9.17) is 4.74 Å². The molecule has 0 saturated carbocycles. The molecule has 0 amide bonds. The van der Waals surface area contributed by atoms with E-state index in [1.54, 1.807) is 0 Å². The highest BCUT2D eigenvalue weighted by atomic mass is 19.2. The van der Waals surface area contributed by atoms with E-state index in [1.807, 2.05) is 24.3 Å². The fraction of sp³-hybridized carbons (Fsp3) is 0.250. The van der Waals surface area contributed by atoms with Crippen molar-refractivity contribution in [3.05, 3.63) is 65.2 Å². The van der Waals surface area contributed by atoms with E-state index in [9.17, 15) is 13.9 Å². The standard InChI is InChI=1S/C16H14F2O2/c17-12-6-3-5-11(16(12)18)8-13(19)15-9-10-4-1-2-7-14(10)20-15/h1-7,13,15,19H,8-9H2. The van der Waals surface area contributed by atoms with Gasteiger partial charge in [0.2, 0.25) is 0 Å². The van der Waals surface area contributed by atoms with Crippen LogP contribution >= 0.6 is 0 Å². The highest BCUT2D eigenvalue weighted by Crippen LogP contribution is 2.30. The molecule has 1 N–H and O–H groups in total. The van der Waals surface area contributed by atoms with Crippen molar-refractivity contribution < 1.29 is 18.6 Å². The molecule has 0 aliphatic carbocycles. The first-order chi connectivity index (χ1) is 9.65. The number of aliphatic hydroxyl groups excluding tert-OH is 1. The number of ether oxygens (including phenoxy) is 1.